The number of carbonyl (C=O) groups is 1. The molecule has 1 aliphatic rings. The third-order valence-electron chi connectivity index (χ3n) is 5.52. The van der Waals surface area contributed by atoms with Crippen LogP contribution in [0.3, 0.4) is 0 Å². The molecule has 0 aromatic rings. The third-order valence-corrected chi connectivity index (χ3v) is 6.07. The summed E-state index contributed by atoms with van der Waals surface area (Å²) in [7, 11) is 0. The third kappa shape index (κ3) is 9.14. The van der Waals surface area contributed by atoms with Crippen molar-refractivity contribution in [3.05, 3.63) is 12.2 Å². The van der Waals surface area contributed by atoms with Gasteiger partial charge < -0.3 is 10.2 Å². The van der Waals surface area contributed by atoms with Crippen molar-refractivity contribution in [2.24, 2.45) is 17.8 Å². The van der Waals surface area contributed by atoms with E-state index in [9.17, 15) is 9.90 Å². The average molecular weight is 371 g/mol. The molecule has 0 aromatic carbocycles. The highest BCUT2D eigenvalue weighted by Gasteiger charge is 2.38. The minimum absolute atomic E-state index is 0.244. The molecule has 5 atom stereocenters. The van der Waals surface area contributed by atoms with Crippen LogP contribution in [0.25, 0.3) is 0 Å². The lowest BCUT2D eigenvalue weighted by molar-refractivity contribution is -0.137. The van der Waals surface area contributed by atoms with E-state index in [1.807, 2.05) is 0 Å². The van der Waals surface area contributed by atoms with Crippen molar-refractivity contribution in [3.8, 4) is 0 Å². The van der Waals surface area contributed by atoms with E-state index in [4.69, 9.17) is 17.7 Å². The first kappa shape index (κ1) is 22.6. The predicted molar refractivity (Wildman–Crippen MR) is 108 cm³/mol. The standard InChI is InChI=1S/C21H38O3S/c1-3-4-7-10-16(2)13-14-18-17(19(22)15-20(18)25)11-8-5-6-9-12-21(23)24/h13-14,16-20,22,25H,3-12,15H2,1-2H3,(H,23,24)/b14-13+/t16-,17?,18+,19+,20?/m0/s1. The molecule has 0 amide bonds. The number of hydrogen-bond donors (Lipinski definition) is 3. The molecule has 1 fully saturated rings. The Hall–Kier alpha value is -0.480. The summed E-state index contributed by atoms with van der Waals surface area (Å²) in [6, 6.07) is 0. The number of allylic oxidation sites excluding steroid dienone is 2. The number of thiol groups is 1. The molecular weight excluding hydrogens is 332 g/mol. The topological polar surface area (TPSA) is 57.5 Å². The number of hydrogen-bond acceptors (Lipinski definition) is 3. The summed E-state index contributed by atoms with van der Waals surface area (Å²) in [5.41, 5.74) is 0. The molecule has 3 nitrogen and oxygen atoms in total. The molecule has 25 heavy (non-hydrogen) atoms. The van der Waals surface area contributed by atoms with Gasteiger partial charge >= 0.3 is 5.97 Å². The molecular formula is C21H38O3S. The van der Waals surface area contributed by atoms with Crippen LogP contribution in [0.2, 0.25) is 0 Å². The Morgan fingerprint density at radius 2 is 1.92 bits per heavy atom. The van der Waals surface area contributed by atoms with Gasteiger partial charge in [-0.2, -0.15) is 12.6 Å². The number of unbranched alkanes of at least 4 members (excludes halogenated alkanes) is 5. The summed E-state index contributed by atoms with van der Waals surface area (Å²) in [6.45, 7) is 4.51. The molecule has 0 heterocycles. The molecule has 0 aromatic heterocycles. The SMILES string of the molecule is CCCCC[C@H](C)/C=C/[C@H]1C(S)C[C@@H](O)C1CCCCCCC(=O)O. The Balaban J connectivity index is 2.38. The van der Waals surface area contributed by atoms with Crippen LogP contribution in [0, 0.1) is 17.8 Å². The average Bonchev–Trinajstić information content (AvgIpc) is 2.82. The smallest absolute Gasteiger partial charge is 0.303 e. The summed E-state index contributed by atoms with van der Waals surface area (Å²) in [4.78, 5) is 10.5. The zero-order valence-electron chi connectivity index (χ0n) is 16.1. The van der Waals surface area contributed by atoms with E-state index >= 15 is 0 Å². The van der Waals surface area contributed by atoms with Gasteiger partial charge in [0.2, 0.25) is 0 Å². The Labute approximate surface area is 159 Å². The molecule has 1 aliphatic carbocycles. The fraction of sp³-hybridized carbons (Fsp3) is 0.857. The highest BCUT2D eigenvalue weighted by Crippen LogP contribution is 2.40. The molecule has 146 valence electrons. The highest BCUT2D eigenvalue weighted by atomic mass is 32.1. The largest absolute Gasteiger partial charge is 0.481 e. The lowest BCUT2D eigenvalue weighted by Gasteiger charge is -2.21. The van der Waals surface area contributed by atoms with Crippen LogP contribution >= 0.6 is 12.6 Å². The van der Waals surface area contributed by atoms with E-state index in [1.54, 1.807) is 0 Å². The summed E-state index contributed by atoms with van der Waals surface area (Å²) >= 11 is 4.72. The predicted octanol–water partition coefficient (Wildman–Crippen LogP) is 5.48. The second-order valence-electron chi connectivity index (χ2n) is 7.82. The quantitative estimate of drug-likeness (QED) is 0.228. The van der Waals surface area contributed by atoms with Crippen LogP contribution < -0.4 is 0 Å². The highest BCUT2D eigenvalue weighted by molar-refractivity contribution is 7.81. The molecule has 0 radical (unpaired) electrons. The first-order valence-corrected chi connectivity index (χ1v) is 10.7. The molecule has 0 spiro atoms. The monoisotopic (exact) mass is 370 g/mol. The van der Waals surface area contributed by atoms with Gasteiger partial charge in [-0.15, -0.1) is 0 Å². The molecule has 0 bridgehead atoms. The van der Waals surface area contributed by atoms with Crippen molar-refractivity contribution in [1.29, 1.82) is 0 Å². The van der Waals surface area contributed by atoms with Gasteiger partial charge in [0.15, 0.2) is 0 Å². The minimum atomic E-state index is -0.706. The van der Waals surface area contributed by atoms with Gasteiger partial charge in [0.25, 0.3) is 0 Å². The normalized spacial score (nSPS) is 27.8. The van der Waals surface area contributed by atoms with Crippen molar-refractivity contribution in [3.63, 3.8) is 0 Å². The van der Waals surface area contributed by atoms with E-state index in [1.165, 1.54) is 25.7 Å². The first-order valence-electron chi connectivity index (χ1n) is 10.2. The van der Waals surface area contributed by atoms with Gasteiger partial charge in [-0.25, -0.2) is 0 Å². The molecule has 2 unspecified atom stereocenters. The zero-order valence-corrected chi connectivity index (χ0v) is 17.0. The van der Waals surface area contributed by atoms with Crippen LogP contribution in [-0.4, -0.2) is 27.5 Å². The van der Waals surface area contributed by atoms with Crippen molar-refractivity contribution in [2.45, 2.75) is 95.8 Å². The maximum Gasteiger partial charge on any atom is 0.303 e. The Morgan fingerprint density at radius 1 is 1.20 bits per heavy atom. The van der Waals surface area contributed by atoms with E-state index < -0.39 is 5.97 Å². The number of carboxylic acids is 1. The molecule has 4 heteroatoms. The molecule has 1 saturated carbocycles. The van der Waals surface area contributed by atoms with E-state index in [-0.39, 0.29) is 17.8 Å². The fourth-order valence-electron chi connectivity index (χ4n) is 3.92. The second kappa shape index (κ2) is 12.8. The van der Waals surface area contributed by atoms with Crippen LogP contribution in [-0.2, 0) is 4.79 Å². The molecule has 0 aliphatic heterocycles. The number of carboxylic acid groups (broad SMARTS) is 1. The van der Waals surface area contributed by atoms with E-state index in [2.05, 4.69) is 26.0 Å². The van der Waals surface area contributed by atoms with Gasteiger partial charge in [0.05, 0.1) is 6.10 Å². The Bertz CT molecular complexity index is 397. The van der Waals surface area contributed by atoms with Crippen molar-refractivity contribution in [2.75, 3.05) is 0 Å². The number of aliphatic carboxylic acids is 1. The number of rotatable bonds is 13. The van der Waals surface area contributed by atoms with Crippen LogP contribution in [0.4, 0.5) is 0 Å². The first-order chi connectivity index (χ1) is 12.0. The minimum Gasteiger partial charge on any atom is -0.481 e. The maximum absolute atomic E-state index is 10.5. The lowest BCUT2D eigenvalue weighted by Crippen LogP contribution is -2.19. The molecule has 0 saturated heterocycles. The van der Waals surface area contributed by atoms with Crippen molar-refractivity contribution < 1.29 is 15.0 Å². The number of aliphatic hydroxyl groups is 1. The summed E-state index contributed by atoms with van der Waals surface area (Å²) in [5, 5.41) is 19.3. The summed E-state index contributed by atoms with van der Waals surface area (Å²) in [5.74, 6) is 0.566. The summed E-state index contributed by atoms with van der Waals surface area (Å²) in [6.07, 6.45) is 15.4. The van der Waals surface area contributed by atoms with Crippen molar-refractivity contribution in [1.82, 2.24) is 0 Å². The van der Waals surface area contributed by atoms with Crippen molar-refractivity contribution >= 4 is 18.6 Å². The van der Waals surface area contributed by atoms with Gasteiger partial charge in [0, 0.05) is 11.7 Å². The van der Waals surface area contributed by atoms with Crippen LogP contribution in [0.1, 0.15) is 84.5 Å². The van der Waals surface area contributed by atoms with Crippen LogP contribution in [0.5, 0.6) is 0 Å². The molecule has 2 N–H and O–H groups in total. The Kier molecular flexibility index (Phi) is 11.6. The van der Waals surface area contributed by atoms with E-state index in [0.717, 1.165) is 38.5 Å². The number of aliphatic hydroxyl groups excluding tert-OH is 1. The van der Waals surface area contributed by atoms with Gasteiger partial charge in [-0.1, -0.05) is 64.5 Å². The second-order valence-corrected chi connectivity index (χ2v) is 8.48. The van der Waals surface area contributed by atoms with Gasteiger partial charge in [0.1, 0.15) is 0 Å². The Morgan fingerprint density at radius 3 is 2.60 bits per heavy atom. The van der Waals surface area contributed by atoms with Gasteiger partial charge in [-0.3, -0.25) is 4.79 Å². The maximum atomic E-state index is 10.5. The summed E-state index contributed by atoms with van der Waals surface area (Å²) < 4.78 is 0. The van der Waals surface area contributed by atoms with E-state index in [0.29, 0.717) is 17.8 Å². The zero-order chi connectivity index (χ0) is 18.7. The lowest BCUT2D eigenvalue weighted by atomic mass is 9.88. The van der Waals surface area contributed by atoms with Crippen LogP contribution in [0.15, 0.2) is 12.2 Å². The van der Waals surface area contributed by atoms with Gasteiger partial charge in [-0.05, 0) is 43.4 Å². The molecule has 1 rings (SSSR count). The fourth-order valence-corrected chi connectivity index (χ4v) is 4.45.